The molecule has 0 radical (unpaired) electrons. The molecule has 0 fully saturated rings. The van der Waals surface area contributed by atoms with Crippen LogP contribution in [0.3, 0.4) is 0 Å². The summed E-state index contributed by atoms with van der Waals surface area (Å²) in [6, 6.07) is 0. The Balaban J connectivity index is 4.22. The van der Waals surface area contributed by atoms with Crippen LogP contribution < -0.4 is 0 Å². The maximum Gasteiger partial charge on any atom is 0.341 e. The van der Waals surface area contributed by atoms with E-state index in [1.807, 2.05) is 0 Å². The second kappa shape index (κ2) is 4.96. The molecule has 1 N–H and O–H groups in total. The van der Waals surface area contributed by atoms with E-state index in [-0.39, 0.29) is 11.1 Å². The third-order valence-corrected chi connectivity index (χ3v) is 1.19. The standard InChI is InChI=1S/C9H10O5/c1-5(2)8(12)14-9(13)6(3)4-7(10)11/h1,3-4H2,2H3,(H,10,11). The van der Waals surface area contributed by atoms with Gasteiger partial charge < -0.3 is 9.84 Å². The molecule has 0 aliphatic heterocycles. The summed E-state index contributed by atoms with van der Waals surface area (Å²) in [6.45, 7) is 7.80. The summed E-state index contributed by atoms with van der Waals surface area (Å²) in [6.07, 6.45) is -0.553. The van der Waals surface area contributed by atoms with Crippen LogP contribution in [0.15, 0.2) is 24.3 Å². The first kappa shape index (κ1) is 12.1. The van der Waals surface area contributed by atoms with Crippen LogP contribution in [0.25, 0.3) is 0 Å². The molecule has 0 aromatic heterocycles. The van der Waals surface area contributed by atoms with E-state index in [0.29, 0.717) is 0 Å². The molecular formula is C9H10O5. The molecule has 0 heterocycles. The fourth-order valence-electron chi connectivity index (χ4n) is 0.498. The lowest BCUT2D eigenvalue weighted by Gasteiger charge is -2.02. The molecule has 0 rings (SSSR count). The van der Waals surface area contributed by atoms with Gasteiger partial charge in [-0.25, -0.2) is 9.59 Å². The Labute approximate surface area is 80.7 Å². The number of carboxylic acid groups (broad SMARTS) is 1. The van der Waals surface area contributed by atoms with Crippen LogP contribution in [-0.4, -0.2) is 23.0 Å². The van der Waals surface area contributed by atoms with Crippen LogP contribution >= 0.6 is 0 Å². The number of carbonyl (C=O) groups is 3. The summed E-state index contributed by atoms with van der Waals surface area (Å²) in [5.74, 6) is -3.14. The van der Waals surface area contributed by atoms with Crippen molar-refractivity contribution in [2.75, 3.05) is 0 Å². The summed E-state index contributed by atoms with van der Waals surface area (Å²) in [5, 5.41) is 8.30. The largest absolute Gasteiger partial charge is 0.481 e. The van der Waals surface area contributed by atoms with Crippen LogP contribution in [0, 0.1) is 0 Å². The average Bonchev–Trinajstić information content (AvgIpc) is 2.02. The highest BCUT2D eigenvalue weighted by Crippen LogP contribution is 2.03. The number of carbonyl (C=O) groups excluding carboxylic acids is 2. The van der Waals surface area contributed by atoms with Gasteiger partial charge in [0.05, 0.1) is 6.42 Å². The van der Waals surface area contributed by atoms with E-state index in [1.165, 1.54) is 6.92 Å². The molecule has 0 amide bonds. The first-order chi connectivity index (χ1) is 6.34. The Morgan fingerprint density at radius 3 is 2.07 bits per heavy atom. The predicted octanol–water partition coefficient (Wildman–Crippen LogP) is 0.663. The van der Waals surface area contributed by atoms with Gasteiger partial charge in [-0.2, -0.15) is 0 Å². The molecule has 0 atom stereocenters. The molecule has 0 unspecified atom stereocenters. The van der Waals surface area contributed by atoms with Crippen LogP contribution in [-0.2, 0) is 19.1 Å². The number of ether oxygens (including phenoxy) is 1. The number of aliphatic carboxylic acids is 1. The van der Waals surface area contributed by atoms with Gasteiger partial charge in [0.15, 0.2) is 0 Å². The normalized spacial score (nSPS) is 8.93. The minimum Gasteiger partial charge on any atom is -0.481 e. The quantitative estimate of drug-likeness (QED) is 0.407. The molecule has 5 nitrogen and oxygen atoms in total. The first-order valence-electron chi connectivity index (χ1n) is 3.66. The van der Waals surface area contributed by atoms with Gasteiger partial charge in [-0.1, -0.05) is 13.2 Å². The van der Waals surface area contributed by atoms with Gasteiger partial charge in [-0.3, -0.25) is 4.79 Å². The van der Waals surface area contributed by atoms with Gasteiger partial charge in [0, 0.05) is 11.1 Å². The van der Waals surface area contributed by atoms with Crippen LogP contribution in [0.2, 0.25) is 0 Å². The van der Waals surface area contributed by atoms with Crippen LogP contribution in [0.4, 0.5) is 0 Å². The molecule has 0 saturated heterocycles. The van der Waals surface area contributed by atoms with Crippen LogP contribution in [0.5, 0.6) is 0 Å². The van der Waals surface area contributed by atoms with Crippen molar-refractivity contribution in [3.63, 3.8) is 0 Å². The third-order valence-electron chi connectivity index (χ3n) is 1.19. The van der Waals surface area contributed by atoms with E-state index in [1.54, 1.807) is 0 Å². The molecule has 0 aromatic carbocycles. The van der Waals surface area contributed by atoms with Gasteiger partial charge in [0.1, 0.15) is 0 Å². The topological polar surface area (TPSA) is 80.7 Å². The number of esters is 2. The van der Waals surface area contributed by atoms with Gasteiger partial charge in [-0.05, 0) is 6.92 Å². The maximum absolute atomic E-state index is 10.9. The number of carboxylic acids is 1. The summed E-state index contributed by atoms with van der Waals surface area (Å²) in [4.78, 5) is 31.9. The van der Waals surface area contributed by atoms with E-state index in [9.17, 15) is 14.4 Å². The van der Waals surface area contributed by atoms with E-state index in [0.717, 1.165) is 0 Å². The average molecular weight is 198 g/mol. The summed E-state index contributed by atoms with van der Waals surface area (Å²) in [7, 11) is 0. The lowest BCUT2D eigenvalue weighted by molar-refractivity contribution is -0.155. The fourth-order valence-corrected chi connectivity index (χ4v) is 0.498. The Morgan fingerprint density at radius 2 is 1.71 bits per heavy atom. The number of rotatable bonds is 4. The minimum absolute atomic E-state index is 0.0569. The van der Waals surface area contributed by atoms with Crippen molar-refractivity contribution in [1.82, 2.24) is 0 Å². The molecule has 0 aliphatic rings. The van der Waals surface area contributed by atoms with Gasteiger partial charge in [0.2, 0.25) is 0 Å². The Morgan fingerprint density at radius 1 is 1.21 bits per heavy atom. The SMILES string of the molecule is C=C(C)C(=O)OC(=O)C(=C)CC(=O)O. The Bertz CT molecular complexity index is 313. The Hall–Kier alpha value is -1.91. The van der Waals surface area contributed by atoms with Crippen molar-refractivity contribution in [1.29, 1.82) is 0 Å². The van der Waals surface area contributed by atoms with Crippen molar-refractivity contribution in [2.45, 2.75) is 13.3 Å². The summed E-state index contributed by atoms with van der Waals surface area (Å²) >= 11 is 0. The lowest BCUT2D eigenvalue weighted by Crippen LogP contribution is -2.15. The summed E-state index contributed by atoms with van der Waals surface area (Å²) in [5.41, 5.74) is -0.228. The van der Waals surface area contributed by atoms with Crippen LogP contribution in [0.1, 0.15) is 13.3 Å². The molecule has 0 saturated carbocycles. The molecule has 76 valence electrons. The van der Waals surface area contributed by atoms with Crippen molar-refractivity contribution in [3.05, 3.63) is 24.3 Å². The zero-order chi connectivity index (χ0) is 11.3. The summed E-state index contributed by atoms with van der Waals surface area (Å²) < 4.78 is 4.23. The number of hydrogen-bond donors (Lipinski definition) is 1. The van der Waals surface area contributed by atoms with E-state index in [2.05, 4.69) is 17.9 Å². The van der Waals surface area contributed by atoms with Crippen molar-refractivity contribution >= 4 is 17.9 Å². The number of hydrogen-bond acceptors (Lipinski definition) is 4. The zero-order valence-electron chi connectivity index (χ0n) is 7.70. The van der Waals surface area contributed by atoms with E-state index >= 15 is 0 Å². The highest BCUT2D eigenvalue weighted by Gasteiger charge is 2.16. The van der Waals surface area contributed by atoms with Crippen molar-refractivity contribution in [3.8, 4) is 0 Å². The van der Waals surface area contributed by atoms with Crippen molar-refractivity contribution < 1.29 is 24.2 Å². The highest BCUT2D eigenvalue weighted by atomic mass is 16.6. The second-order valence-corrected chi connectivity index (χ2v) is 2.63. The smallest absolute Gasteiger partial charge is 0.341 e. The molecule has 0 aromatic rings. The first-order valence-corrected chi connectivity index (χ1v) is 3.66. The monoisotopic (exact) mass is 198 g/mol. The lowest BCUT2D eigenvalue weighted by atomic mass is 10.2. The van der Waals surface area contributed by atoms with Gasteiger partial charge in [-0.15, -0.1) is 0 Å². The molecule has 0 bridgehead atoms. The van der Waals surface area contributed by atoms with Gasteiger partial charge >= 0.3 is 17.9 Å². The molecule has 0 aliphatic carbocycles. The Kier molecular flexibility index (Phi) is 4.28. The zero-order valence-corrected chi connectivity index (χ0v) is 7.70. The fraction of sp³-hybridized carbons (Fsp3) is 0.222. The minimum atomic E-state index is -1.21. The van der Waals surface area contributed by atoms with Crippen molar-refractivity contribution in [2.24, 2.45) is 0 Å². The molecule has 14 heavy (non-hydrogen) atoms. The van der Waals surface area contributed by atoms with E-state index in [4.69, 9.17) is 5.11 Å². The third kappa shape index (κ3) is 4.20. The van der Waals surface area contributed by atoms with E-state index < -0.39 is 24.3 Å². The molecular weight excluding hydrogens is 188 g/mol. The maximum atomic E-state index is 10.9. The molecule has 0 spiro atoms. The predicted molar refractivity (Wildman–Crippen MR) is 47.3 cm³/mol. The highest BCUT2D eigenvalue weighted by molar-refractivity contribution is 6.02. The molecule has 5 heteroatoms. The van der Waals surface area contributed by atoms with Gasteiger partial charge in [0.25, 0.3) is 0 Å². The second-order valence-electron chi connectivity index (χ2n) is 2.63.